The van der Waals surface area contributed by atoms with E-state index in [9.17, 15) is 4.79 Å². The fourth-order valence-corrected chi connectivity index (χ4v) is 2.77. The van der Waals surface area contributed by atoms with E-state index < -0.39 is 0 Å². The molecule has 3 rings (SSSR count). The van der Waals surface area contributed by atoms with Crippen LogP contribution in [0.5, 0.6) is 0 Å². The first-order chi connectivity index (χ1) is 12.1. The highest BCUT2D eigenvalue weighted by Gasteiger charge is 2.17. The molecule has 3 aromatic rings. The molecular weight excluding hydrogens is 320 g/mol. The predicted octanol–water partition coefficient (Wildman–Crippen LogP) is 2.54. The Labute approximate surface area is 146 Å². The Hall–Kier alpha value is -2.67. The maximum atomic E-state index is 12.3. The number of aromatic nitrogens is 3. The van der Waals surface area contributed by atoms with Gasteiger partial charge >= 0.3 is 0 Å². The molecule has 1 amide bonds. The van der Waals surface area contributed by atoms with Gasteiger partial charge in [0.15, 0.2) is 11.5 Å². The zero-order chi connectivity index (χ0) is 17.8. The number of benzene rings is 1. The Morgan fingerprint density at radius 1 is 1.40 bits per heavy atom. The summed E-state index contributed by atoms with van der Waals surface area (Å²) in [4.78, 5) is 16.8. The van der Waals surface area contributed by atoms with Crippen molar-refractivity contribution < 1.29 is 14.1 Å². The van der Waals surface area contributed by atoms with E-state index in [1.165, 1.54) is 0 Å². The van der Waals surface area contributed by atoms with Gasteiger partial charge in [-0.2, -0.15) is 0 Å². The predicted molar refractivity (Wildman–Crippen MR) is 93.5 cm³/mol. The number of aryl methyl sites for hydroxylation is 1. The average molecular weight is 342 g/mol. The lowest BCUT2D eigenvalue weighted by Gasteiger charge is -2.14. The van der Waals surface area contributed by atoms with E-state index in [1.807, 2.05) is 42.7 Å². The highest BCUT2D eigenvalue weighted by Crippen LogP contribution is 2.17. The van der Waals surface area contributed by atoms with Crippen LogP contribution in [0.3, 0.4) is 0 Å². The van der Waals surface area contributed by atoms with Crippen molar-refractivity contribution in [2.75, 3.05) is 13.7 Å². The van der Waals surface area contributed by atoms with Crippen molar-refractivity contribution in [2.45, 2.75) is 32.9 Å². The summed E-state index contributed by atoms with van der Waals surface area (Å²) >= 11 is 0. The van der Waals surface area contributed by atoms with Gasteiger partial charge in [-0.1, -0.05) is 24.2 Å². The summed E-state index contributed by atoms with van der Waals surface area (Å²) in [6, 6.07) is 9.54. The molecule has 0 aliphatic heterocycles. The van der Waals surface area contributed by atoms with Crippen LogP contribution in [-0.4, -0.2) is 40.4 Å². The smallest absolute Gasteiger partial charge is 0.273 e. The number of nitrogens with one attached hydrogen (secondary N) is 1. The lowest BCUT2D eigenvalue weighted by Crippen LogP contribution is -2.37. The number of rotatable bonds is 7. The highest BCUT2D eigenvalue weighted by atomic mass is 16.5. The molecule has 132 valence electrons. The van der Waals surface area contributed by atoms with Crippen LogP contribution < -0.4 is 5.32 Å². The van der Waals surface area contributed by atoms with Gasteiger partial charge in [-0.15, -0.1) is 0 Å². The van der Waals surface area contributed by atoms with Crippen LogP contribution in [0.25, 0.3) is 11.0 Å². The number of para-hydroxylation sites is 2. The molecule has 7 heteroatoms. The van der Waals surface area contributed by atoms with Crippen molar-refractivity contribution >= 4 is 16.9 Å². The highest BCUT2D eigenvalue weighted by molar-refractivity contribution is 5.92. The molecule has 1 aromatic carbocycles. The van der Waals surface area contributed by atoms with E-state index in [0.717, 1.165) is 23.3 Å². The topological polar surface area (TPSA) is 82.2 Å². The Morgan fingerprint density at radius 3 is 2.96 bits per heavy atom. The van der Waals surface area contributed by atoms with Crippen LogP contribution in [0, 0.1) is 6.92 Å². The number of methoxy groups -OCH3 is 1. The molecule has 0 aliphatic carbocycles. The second-order valence-electron chi connectivity index (χ2n) is 5.95. The van der Waals surface area contributed by atoms with Crippen LogP contribution in [0.4, 0.5) is 0 Å². The van der Waals surface area contributed by atoms with Crippen LogP contribution >= 0.6 is 0 Å². The fourth-order valence-electron chi connectivity index (χ4n) is 2.77. The number of ether oxygens (including phenoxy) is 1. The number of carbonyl (C=O) groups is 1. The summed E-state index contributed by atoms with van der Waals surface area (Å²) in [6.45, 7) is 4.88. The third-order valence-corrected chi connectivity index (χ3v) is 4.15. The third-order valence-electron chi connectivity index (χ3n) is 4.15. The first-order valence-corrected chi connectivity index (χ1v) is 8.29. The molecule has 0 radical (unpaired) electrons. The van der Waals surface area contributed by atoms with Gasteiger partial charge in [0.05, 0.1) is 30.2 Å². The van der Waals surface area contributed by atoms with E-state index in [-0.39, 0.29) is 17.6 Å². The van der Waals surface area contributed by atoms with Gasteiger partial charge in [0.2, 0.25) is 0 Å². The van der Waals surface area contributed by atoms with Crippen LogP contribution in [0.15, 0.2) is 34.9 Å². The summed E-state index contributed by atoms with van der Waals surface area (Å²) in [7, 11) is 1.61. The van der Waals surface area contributed by atoms with Gasteiger partial charge in [0.1, 0.15) is 5.82 Å². The minimum absolute atomic E-state index is 0.0440. The fraction of sp³-hybridized carbons (Fsp3) is 0.389. The van der Waals surface area contributed by atoms with Crippen LogP contribution in [0.1, 0.15) is 35.4 Å². The summed E-state index contributed by atoms with van der Waals surface area (Å²) in [5.74, 6) is 1.23. The molecule has 0 aliphatic rings. The van der Waals surface area contributed by atoms with Crippen molar-refractivity contribution in [3.05, 3.63) is 47.6 Å². The van der Waals surface area contributed by atoms with Crippen LogP contribution in [0.2, 0.25) is 0 Å². The molecule has 2 heterocycles. The Bertz CT molecular complexity index is 868. The summed E-state index contributed by atoms with van der Waals surface area (Å²) in [6.07, 6.45) is 0.782. The maximum Gasteiger partial charge on any atom is 0.273 e. The van der Waals surface area contributed by atoms with Crippen molar-refractivity contribution in [2.24, 2.45) is 0 Å². The molecule has 25 heavy (non-hydrogen) atoms. The Balaban J connectivity index is 1.75. The zero-order valence-electron chi connectivity index (χ0n) is 14.7. The summed E-state index contributed by atoms with van der Waals surface area (Å²) in [5, 5.41) is 6.78. The Kier molecular flexibility index (Phi) is 5.14. The molecular formula is C18H22N4O3. The number of carbonyl (C=O) groups excluding carboxylic acids is 1. The van der Waals surface area contributed by atoms with Gasteiger partial charge in [0, 0.05) is 13.2 Å². The van der Waals surface area contributed by atoms with Gasteiger partial charge in [-0.25, -0.2) is 4.98 Å². The van der Waals surface area contributed by atoms with Crippen molar-refractivity contribution in [1.82, 2.24) is 20.0 Å². The first-order valence-electron chi connectivity index (χ1n) is 8.29. The summed E-state index contributed by atoms with van der Waals surface area (Å²) < 4.78 is 12.5. The van der Waals surface area contributed by atoms with E-state index >= 15 is 0 Å². The van der Waals surface area contributed by atoms with Crippen molar-refractivity contribution in [3.63, 3.8) is 0 Å². The van der Waals surface area contributed by atoms with E-state index in [1.54, 1.807) is 13.2 Å². The lowest BCUT2D eigenvalue weighted by atomic mass is 10.2. The number of hydrogen-bond acceptors (Lipinski definition) is 5. The molecule has 0 saturated heterocycles. The molecule has 0 fully saturated rings. The SMILES string of the molecule is CC[C@@H](COC)NC(=O)c1cc(Cn2c(C)nc3ccccc32)on1. The number of imidazole rings is 1. The standard InChI is InChI=1S/C18H22N4O3/c1-4-13(11-24-3)20-18(23)16-9-14(25-21-16)10-22-12(2)19-15-7-5-6-8-17(15)22/h5-9,13H,4,10-11H2,1-3H3,(H,20,23)/t13-/m0/s1. The Morgan fingerprint density at radius 2 is 2.20 bits per heavy atom. The van der Waals surface area contributed by atoms with E-state index in [0.29, 0.717) is 18.9 Å². The molecule has 0 spiro atoms. The quantitative estimate of drug-likeness (QED) is 0.713. The minimum Gasteiger partial charge on any atom is -0.383 e. The number of nitrogens with zero attached hydrogens (tertiary/aromatic N) is 3. The zero-order valence-corrected chi connectivity index (χ0v) is 14.7. The number of amides is 1. The largest absolute Gasteiger partial charge is 0.383 e. The van der Waals surface area contributed by atoms with Gasteiger partial charge < -0.3 is 19.1 Å². The number of hydrogen-bond donors (Lipinski definition) is 1. The second kappa shape index (κ2) is 7.48. The summed E-state index contributed by atoms with van der Waals surface area (Å²) in [5.41, 5.74) is 2.23. The van der Waals surface area contributed by atoms with Gasteiger partial charge in [0.25, 0.3) is 5.91 Å². The van der Waals surface area contributed by atoms with Gasteiger partial charge in [-0.05, 0) is 25.5 Å². The minimum atomic E-state index is -0.258. The molecule has 2 aromatic heterocycles. The van der Waals surface area contributed by atoms with Crippen LogP contribution in [-0.2, 0) is 11.3 Å². The molecule has 0 saturated carbocycles. The lowest BCUT2D eigenvalue weighted by molar-refractivity contribution is 0.0885. The molecule has 1 N–H and O–H groups in total. The first kappa shape index (κ1) is 17.2. The number of fused-ring (bicyclic) bond motifs is 1. The average Bonchev–Trinajstić information content (AvgIpc) is 3.20. The van der Waals surface area contributed by atoms with Crippen molar-refractivity contribution in [1.29, 1.82) is 0 Å². The molecule has 1 atom stereocenters. The monoisotopic (exact) mass is 342 g/mol. The van der Waals surface area contributed by atoms with Crippen molar-refractivity contribution in [3.8, 4) is 0 Å². The molecule has 0 bridgehead atoms. The molecule has 0 unspecified atom stereocenters. The van der Waals surface area contributed by atoms with Gasteiger partial charge in [-0.3, -0.25) is 4.79 Å². The van der Waals surface area contributed by atoms with E-state index in [4.69, 9.17) is 9.26 Å². The maximum absolute atomic E-state index is 12.3. The second-order valence-corrected chi connectivity index (χ2v) is 5.95. The molecule has 7 nitrogen and oxygen atoms in total. The third kappa shape index (κ3) is 3.71. The normalized spacial score (nSPS) is 12.4. The van der Waals surface area contributed by atoms with E-state index in [2.05, 4.69) is 15.5 Å².